The average molecular weight is 348 g/mol. The molecule has 2 saturated heterocycles. The van der Waals surface area contributed by atoms with Crippen LogP contribution in [-0.4, -0.2) is 79.0 Å². The minimum Gasteiger partial charge on any atom is -0.487 e. The SMILES string of the molecule is COCCN1CCC[C@](O)(CN2CC(Oc3ccccc3C)C2)C1=O. The fraction of sp³-hybridized carbons (Fsp3) is 0.632. The third-order valence-electron chi connectivity index (χ3n) is 5.07. The highest BCUT2D eigenvalue weighted by atomic mass is 16.5. The molecule has 1 N–H and O–H groups in total. The summed E-state index contributed by atoms with van der Waals surface area (Å²) in [7, 11) is 1.62. The van der Waals surface area contributed by atoms with Gasteiger partial charge in [-0.05, 0) is 31.4 Å². The lowest BCUT2D eigenvalue weighted by Crippen LogP contribution is -2.64. The van der Waals surface area contributed by atoms with Gasteiger partial charge in [0.05, 0.1) is 6.61 Å². The molecule has 0 saturated carbocycles. The molecule has 0 aliphatic carbocycles. The van der Waals surface area contributed by atoms with Gasteiger partial charge in [-0.15, -0.1) is 0 Å². The summed E-state index contributed by atoms with van der Waals surface area (Å²) in [4.78, 5) is 16.4. The standard InChI is InChI=1S/C19H28N2O4/c1-15-6-3-4-7-17(15)25-16-12-20(13-16)14-19(23)8-5-9-21(18(19)22)10-11-24-2/h3-4,6-7,16,23H,5,8-14H2,1-2H3/t19-/m0/s1. The van der Waals surface area contributed by atoms with Crippen molar-refractivity contribution < 1.29 is 19.4 Å². The highest BCUT2D eigenvalue weighted by Crippen LogP contribution is 2.27. The predicted octanol–water partition coefficient (Wildman–Crippen LogP) is 1.06. The first-order chi connectivity index (χ1) is 12.0. The number of hydrogen-bond acceptors (Lipinski definition) is 5. The smallest absolute Gasteiger partial charge is 0.255 e. The normalized spacial score (nSPS) is 25.1. The largest absolute Gasteiger partial charge is 0.487 e. The van der Waals surface area contributed by atoms with E-state index in [1.807, 2.05) is 31.2 Å². The summed E-state index contributed by atoms with van der Waals surface area (Å²) in [6.45, 7) is 5.62. The Kier molecular flexibility index (Phi) is 5.61. The van der Waals surface area contributed by atoms with Crippen LogP contribution in [0.5, 0.6) is 5.75 Å². The fourth-order valence-corrected chi connectivity index (χ4v) is 3.59. The minimum atomic E-state index is -1.28. The quantitative estimate of drug-likeness (QED) is 0.798. The molecule has 25 heavy (non-hydrogen) atoms. The van der Waals surface area contributed by atoms with Crippen LogP contribution in [-0.2, 0) is 9.53 Å². The number of nitrogens with zero attached hydrogens (tertiary/aromatic N) is 2. The number of piperidine rings is 1. The Morgan fingerprint density at radius 3 is 2.80 bits per heavy atom. The van der Waals surface area contributed by atoms with Crippen LogP contribution in [0.3, 0.4) is 0 Å². The molecule has 0 radical (unpaired) electrons. The molecule has 1 amide bonds. The maximum atomic E-state index is 12.6. The number of amides is 1. The van der Waals surface area contributed by atoms with E-state index in [0.29, 0.717) is 32.7 Å². The van der Waals surface area contributed by atoms with E-state index in [2.05, 4.69) is 4.90 Å². The second-order valence-electron chi connectivity index (χ2n) is 7.12. The molecule has 2 heterocycles. The Morgan fingerprint density at radius 1 is 1.32 bits per heavy atom. The lowest BCUT2D eigenvalue weighted by atomic mass is 9.90. The van der Waals surface area contributed by atoms with Crippen LogP contribution in [0.2, 0.25) is 0 Å². The van der Waals surface area contributed by atoms with Gasteiger partial charge < -0.3 is 19.5 Å². The van der Waals surface area contributed by atoms with Gasteiger partial charge in [0.1, 0.15) is 11.9 Å². The summed E-state index contributed by atoms with van der Waals surface area (Å²) in [6, 6.07) is 7.97. The summed E-state index contributed by atoms with van der Waals surface area (Å²) in [5, 5.41) is 10.9. The van der Waals surface area contributed by atoms with Crippen LogP contribution in [0.1, 0.15) is 18.4 Å². The molecule has 0 aromatic heterocycles. The number of carbonyl (C=O) groups excluding carboxylic acids is 1. The van der Waals surface area contributed by atoms with Gasteiger partial charge in [-0.2, -0.15) is 0 Å². The van der Waals surface area contributed by atoms with Crippen LogP contribution < -0.4 is 4.74 Å². The highest BCUT2D eigenvalue weighted by Gasteiger charge is 2.45. The molecule has 2 aliphatic rings. The number of benzene rings is 1. The van der Waals surface area contributed by atoms with Crippen LogP contribution in [0.15, 0.2) is 24.3 Å². The molecule has 6 nitrogen and oxygen atoms in total. The van der Waals surface area contributed by atoms with E-state index >= 15 is 0 Å². The van der Waals surface area contributed by atoms with E-state index in [0.717, 1.165) is 30.8 Å². The Hall–Kier alpha value is -1.63. The maximum Gasteiger partial charge on any atom is 0.255 e. The number of aliphatic hydroxyl groups is 1. The van der Waals surface area contributed by atoms with Crippen molar-refractivity contribution >= 4 is 5.91 Å². The number of ether oxygens (including phenoxy) is 2. The molecular weight excluding hydrogens is 320 g/mol. The summed E-state index contributed by atoms with van der Waals surface area (Å²) < 4.78 is 11.1. The number of para-hydroxylation sites is 1. The lowest BCUT2D eigenvalue weighted by Gasteiger charge is -2.45. The van der Waals surface area contributed by atoms with Gasteiger partial charge in [0.2, 0.25) is 0 Å². The molecule has 1 aromatic carbocycles. The minimum absolute atomic E-state index is 0.119. The van der Waals surface area contributed by atoms with E-state index in [4.69, 9.17) is 9.47 Å². The van der Waals surface area contributed by atoms with Gasteiger partial charge in [-0.25, -0.2) is 0 Å². The number of rotatable bonds is 7. The van der Waals surface area contributed by atoms with E-state index < -0.39 is 5.60 Å². The van der Waals surface area contributed by atoms with Gasteiger partial charge in [-0.1, -0.05) is 18.2 Å². The van der Waals surface area contributed by atoms with E-state index in [-0.39, 0.29) is 12.0 Å². The molecule has 0 bridgehead atoms. The molecule has 2 fully saturated rings. The molecule has 1 atom stereocenters. The fourth-order valence-electron chi connectivity index (χ4n) is 3.59. The molecule has 0 spiro atoms. The summed E-state index contributed by atoms with van der Waals surface area (Å²) in [5.41, 5.74) is -0.157. The zero-order chi connectivity index (χ0) is 17.9. The number of methoxy groups -OCH3 is 1. The summed E-state index contributed by atoms with van der Waals surface area (Å²) >= 11 is 0. The first-order valence-corrected chi connectivity index (χ1v) is 8.97. The Bertz CT molecular complexity index is 603. The Labute approximate surface area is 149 Å². The average Bonchev–Trinajstić information content (AvgIpc) is 2.56. The first kappa shape index (κ1) is 18.2. The van der Waals surface area contributed by atoms with Crippen molar-refractivity contribution in [1.82, 2.24) is 9.80 Å². The van der Waals surface area contributed by atoms with Crippen molar-refractivity contribution in [3.05, 3.63) is 29.8 Å². The predicted molar refractivity (Wildman–Crippen MR) is 94.7 cm³/mol. The van der Waals surface area contributed by atoms with Crippen molar-refractivity contribution in [3.63, 3.8) is 0 Å². The van der Waals surface area contributed by atoms with E-state index in [9.17, 15) is 9.90 Å². The van der Waals surface area contributed by atoms with E-state index in [1.54, 1.807) is 12.0 Å². The van der Waals surface area contributed by atoms with Gasteiger partial charge in [-0.3, -0.25) is 9.69 Å². The molecule has 138 valence electrons. The maximum absolute atomic E-state index is 12.6. The second kappa shape index (κ2) is 7.72. The third kappa shape index (κ3) is 4.14. The number of hydrogen-bond donors (Lipinski definition) is 1. The van der Waals surface area contributed by atoms with Crippen molar-refractivity contribution in [2.24, 2.45) is 0 Å². The third-order valence-corrected chi connectivity index (χ3v) is 5.07. The Balaban J connectivity index is 1.50. The van der Waals surface area contributed by atoms with Crippen LogP contribution >= 0.6 is 0 Å². The lowest BCUT2D eigenvalue weighted by molar-refractivity contribution is -0.163. The number of aryl methyl sites for hydroxylation is 1. The van der Waals surface area contributed by atoms with Gasteiger partial charge in [0.25, 0.3) is 5.91 Å². The molecule has 6 heteroatoms. The number of β-amino-alcohol motifs (C(OH)–C–C–N with tert-alkyl or cyclic N) is 1. The zero-order valence-corrected chi connectivity index (χ0v) is 15.1. The van der Waals surface area contributed by atoms with Crippen molar-refractivity contribution in [2.75, 3.05) is 46.4 Å². The molecule has 3 rings (SSSR count). The van der Waals surface area contributed by atoms with Gasteiger partial charge >= 0.3 is 0 Å². The molecule has 1 aromatic rings. The van der Waals surface area contributed by atoms with Crippen LogP contribution in [0.25, 0.3) is 0 Å². The highest BCUT2D eigenvalue weighted by molar-refractivity contribution is 5.86. The van der Waals surface area contributed by atoms with Crippen LogP contribution in [0.4, 0.5) is 0 Å². The topological polar surface area (TPSA) is 62.2 Å². The molecular formula is C19H28N2O4. The summed E-state index contributed by atoms with van der Waals surface area (Å²) in [5.74, 6) is 0.740. The zero-order valence-electron chi connectivity index (χ0n) is 15.1. The van der Waals surface area contributed by atoms with Gasteiger partial charge in [0.15, 0.2) is 5.60 Å². The monoisotopic (exact) mass is 348 g/mol. The number of carbonyl (C=O) groups is 1. The Morgan fingerprint density at radius 2 is 2.08 bits per heavy atom. The second-order valence-corrected chi connectivity index (χ2v) is 7.12. The van der Waals surface area contributed by atoms with Crippen molar-refractivity contribution in [3.8, 4) is 5.75 Å². The first-order valence-electron chi connectivity index (χ1n) is 8.97. The number of likely N-dealkylation sites (tertiary alicyclic amines) is 2. The summed E-state index contributed by atoms with van der Waals surface area (Å²) in [6.07, 6.45) is 1.46. The van der Waals surface area contributed by atoms with Crippen molar-refractivity contribution in [2.45, 2.75) is 31.5 Å². The molecule has 2 aliphatic heterocycles. The van der Waals surface area contributed by atoms with Crippen molar-refractivity contribution in [1.29, 1.82) is 0 Å². The van der Waals surface area contributed by atoms with Gasteiger partial charge in [0, 0.05) is 39.8 Å². The molecule has 0 unspecified atom stereocenters. The van der Waals surface area contributed by atoms with Crippen LogP contribution in [0, 0.1) is 6.92 Å². The van der Waals surface area contributed by atoms with E-state index in [1.165, 1.54) is 0 Å².